The zero-order valence-electron chi connectivity index (χ0n) is 14.3. The maximum absolute atomic E-state index is 12.3. The monoisotopic (exact) mass is 337 g/mol. The van der Waals surface area contributed by atoms with Crippen LogP contribution < -0.4 is 4.74 Å². The Balaban J connectivity index is 1.46. The molecule has 0 bridgehead atoms. The normalized spacial score (nSPS) is 15.0. The minimum absolute atomic E-state index is 0.0149. The zero-order valence-corrected chi connectivity index (χ0v) is 14.3. The lowest BCUT2D eigenvalue weighted by atomic mass is 9.90. The highest BCUT2D eigenvalue weighted by molar-refractivity contribution is 5.80. The fourth-order valence-electron chi connectivity index (χ4n) is 3.27. The van der Waals surface area contributed by atoms with Crippen molar-refractivity contribution in [3.05, 3.63) is 65.7 Å². The molecule has 0 N–H and O–H groups in total. The van der Waals surface area contributed by atoms with E-state index in [9.17, 15) is 9.59 Å². The van der Waals surface area contributed by atoms with Crippen LogP contribution in [0, 0.1) is 5.92 Å². The van der Waals surface area contributed by atoms with Crippen molar-refractivity contribution in [1.29, 1.82) is 0 Å². The number of nitrogens with zero attached hydrogens (tertiary/aromatic N) is 1. The third-order valence-electron chi connectivity index (χ3n) is 4.73. The molecule has 1 amide bonds. The van der Waals surface area contributed by atoms with E-state index in [1.165, 1.54) is 5.56 Å². The van der Waals surface area contributed by atoms with Gasteiger partial charge in [-0.3, -0.25) is 9.59 Å². The highest BCUT2D eigenvalue weighted by Crippen LogP contribution is 2.22. The number of likely N-dealkylation sites (tertiary alicyclic amines) is 1. The van der Waals surface area contributed by atoms with Crippen LogP contribution in [0.2, 0.25) is 0 Å². The van der Waals surface area contributed by atoms with Crippen LogP contribution in [0.3, 0.4) is 0 Å². The first-order valence-corrected chi connectivity index (χ1v) is 8.75. The van der Waals surface area contributed by atoms with Crippen molar-refractivity contribution in [3.8, 4) is 5.75 Å². The van der Waals surface area contributed by atoms with Crippen LogP contribution in [0.15, 0.2) is 54.6 Å². The summed E-state index contributed by atoms with van der Waals surface area (Å²) in [4.78, 5) is 25.2. The molecule has 0 aromatic heterocycles. The van der Waals surface area contributed by atoms with Crippen molar-refractivity contribution in [3.63, 3.8) is 0 Å². The van der Waals surface area contributed by atoms with E-state index < -0.39 is 0 Å². The fourth-order valence-corrected chi connectivity index (χ4v) is 3.27. The van der Waals surface area contributed by atoms with Gasteiger partial charge in [-0.1, -0.05) is 42.5 Å². The Kier molecular flexibility index (Phi) is 5.83. The molecule has 2 aromatic carbocycles. The van der Waals surface area contributed by atoms with Crippen LogP contribution in [0.25, 0.3) is 0 Å². The van der Waals surface area contributed by atoms with Gasteiger partial charge in [-0.25, -0.2) is 0 Å². The van der Waals surface area contributed by atoms with Crippen LogP contribution in [0.5, 0.6) is 5.75 Å². The Morgan fingerprint density at radius 2 is 1.72 bits per heavy atom. The zero-order chi connectivity index (χ0) is 17.5. The van der Waals surface area contributed by atoms with E-state index in [0.717, 1.165) is 38.6 Å². The average molecular weight is 337 g/mol. The number of rotatable bonds is 6. The summed E-state index contributed by atoms with van der Waals surface area (Å²) in [6, 6.07) is 17.5. The Morgan fingerprint density at radius 1 is 1.04 bits per heavy atom. The molecule has 1 heterocycles. The molecule has 4 nitrogen and oxygen atoms in total. The molecule has 0 atom stereocenters. The molecule has 1 aliphatic heterocycles. The summed E-state index contributed by atoms with van der Waals surface area (Å²) < 4.78 is 5.54. The minimum atomic E-state index is -0.0196. The predicted octanol–water partition coefficient (Wildman–Crippen LogP) is 3.36. The lowest BCUT2D eigenvalue weighted by Gasteiger charge is -2.32. The number of ether oxygens (including phenoxy) is 1. The molecule has 0 radical (unpaired) electrons. The van der Waals surface area contributed by atoms with Gasteiger partial charge in [0.1, 0.15) is 5.75 Å². The van der Waals surface area contributed by atoms with Crippen molar-refractivity contribution in [2.75, 3.05) is 19.7 Å². The maximum Gasteiger partial charge on any atom is 0.260 e. The van der Waals surface area contributed by atoms with Crippen molar-refractivity contribution >= 4 is 12.2 Å². The van der Waals surface area contributed by atoms with Gasteiger partial charge in [-0.05, 0) is 42.9 Å². The maximum atomic E-state index is 12.3. The average Bonchev–Trinajstić information content (AvgIpc) is 2.67. The van der Waals surface area contributed by atoms with Crippen molar-refractivity contribution in [2.24, 2.45) is 5.92 Å². The first-order chi connectivity index (χ1) is 12.3. The van der Waals surface area contributed by atoms with E-state index in [-0.39, 0.29) is 12.5 Å². The summed E-state index contributed by atoms with van der Waals surface area (Å²) in [5.41, 5.74) is 1.83. The molecule has 3 rings (SSSR count). The SMILES string of the molecule is O=Cc1ccccc1OCC(=O)N1CCC(Cc2ccccc2)CC1. The molecule has 0 unspecified atom stereocenters. The van der Waals surface area contributed by atoms with Crippen LogP contribution >= 0.6 is 0 Å². The molecule has 0 aliphatic carbocycles. The van der Waals surface area contributed by atoms with E-state index >= 15 is 0 Å². The van der Waals surface area contributed by atoms with Gasteiger partial charge >= 0.3 is 0 Å². The van der Waals surface area contributed by atoms with Gasteiger partial charge in [0.05, 0.1) is 5.56 Å². The summed E-state index contributed by atoms with van der Waals surface area (Å²) in [6.45, 7) is 1.53. The van der Waals surface area contributed by atoms with E-state index in [1.807, 2.05) is 11.0 Å². The summed E-state index contributed by atoms with van der Waals surface area (Å²) in [5.74, 6) is 1.08. The van der Waals surface area contributed by atoms with Gasteiger partial charge in [-0.2, -0.15) is 0 Å². The number of benzene rings is 2. The Hall–Kier alpha value is -2.62. The molecule has 4 heteroatoms. The molecule has 2 aromatic rings. The van der Waals surface area contributed by atoms with E-state index in [1.54, 1.807) is 24.3 Å². The number of hydrogen-bond acceptors (Lipinski definition) is 3. The molecule has 0 spiro atoms. The van der Waals surface area contributed by atoms with Gasteiger partial charge in [0.15, 0.2) is 12.9 Å². The number of carbonyl (C=O) groups excluding carboxylic acids is 2. The number of amides is 1. The predicted molar refractivity (Wildman–Crippen MR) is 96.8 cm³/mol. The first-order valence-electron chi connectivity index (χ1n) is 8.75. The van der Waals surface area contributed by atoms with Gasteiger partial charge in [0, 0.05) is 13.1 Å². The molecular weight excluding hydrogens is 314 g/mol. The molecule has 0 saturated carbocycles. The standard InChI is InChI=1S/C21H23NO3/c23-15-19-8-4-5-9-20(19)25-16-21(24)22-12-10-18(11-13-22)14-17-6-2-1-3-7-17/h1-9,15,18H,10-14,16H2. The van der Waals surface area contributed by atoms with E-state index in [4.69, 9.17) is 4.74 Å². The van der Waals surface area contributed by atoms with Crippen LogP contribution in [-0.2, 0) is 11.2 Å². The van der Waals surface area contributed by atoms with Gasteiger partial charge in [0.2, 0.25) is 0 Å². The first kappa shape index (κ1) is 17.2. The van der Waals surface area contributed by atoms with E-state index in [2.05, 4.69) is 24.3 Å². The third-order valence-corrected chi connectivity index (χ3v) is 4.73. The molecule has 25 heavy (non-hydrogen) atoms. The minimum Gasteiger partial charge on any atom is -0.483 e. The number of hydrogen-bond donors (Lipinski definition) is 0. The topological polar surface area (TPSA) is 46.6 Å². The Bertz CT molecular complexity index is 706. The molecule has 1 fully saturated rings. The van der Waals surface area contributed by atoms with Crippen LogP contribution in [-0.4, -0.2) is 36.8 Å². The Morgan fingerprint density at radius 3 is 2.44 bits per heavy atom. The van der Waals surface area contributed by atoms with Crippen LogP contribution in [0.4, 0.5) is 0 Å². The summed E-state index contributed by atoms with van der Waals surface area (Å²) >= 11 is 0. The van der Waals surface area contributed by atoms with Gasteiger partial charge in [-0.15, -0.1) is 0 Å². The lowest BCUT2D eigenvalue weighted by molar-refractivity contribution is -0.134. The highest BCUT2D eigenvalue weighted by atomic mass is 16.5. The van der Waals surface area contributed by atoms with E-state index in [0.29, 0.717) is 17.2 Å². The molecule has 1 aliphatic rings. The quantitative estimate of drug-likeness (QED) is 0.759. The fraction of sp³-hybridized carbons (Fsp3) is 0.333. The second-order valence-corrected chi connectivity index (χ2v) is 6.46. The Labute approximate surface area is 148 Å². The third kappa shape index (κ3) is 4.69. The summed E-state index contributed by atoms with van der Waals surface area (Å²) in [6.07, 6.45) is 3.86. The largest absolute Gasteiger partial charge is 0.483 e. The second-order valence-electron chi connectivity index (χ2n) is 6.46. The smallest absolute Gasteiger partial charge is 0.260 e. The molecule has 1 saturated heterocycles. The second kappa shape index (κ2) is 8.47. The van der Waals surface area contributed by atoms with Crippen LogP contribution in [0.1, 0.15) is 28.8 Å². The molecule has 130 valence electrons. The van der Waals surface area contributed by atoms with Gasteiger partial charge < -0.3 is 9.64 Å². The highest BCUT2D eigenvalue weighted by Gasteiger charge is 2.23. The number of para-hydroxylation sites is 1. The number of aldehydes is 1. The van der Waals surface area contributed by atoms with Crippen molar-refractivity contribution < 1.29 is 14.3 Å². The summed E-state index contributed by atoms with van der Waals surface area (Å²) in [5, 5.41) is 0. The lowest BCUT2D eigenvalue weighted by Crippen LogP contribution is -2.41. The number of piperidine rings is 1. The molecular formula is C21H23NO3. The number of carbonyl (C=O) groups is 2. The van der Waals surface area contributed by atoms with Gasteiger partial charge in [0.25, 0.3) is 5.91 Å². The summed E-state index contributed by atoms with van der Waals surface area (Å²) in [7, 11) is 0. The van der Waals surface area contributed by atoms with Crippen molar-refractivity contribution in [2.45, 2.75) is 19.3 Å². The van der Waals surface area contributed by atoms with Crippen molar-refractivity contribution in [1.82, 2.24) is 4.90 Å².